The van der Waals surface area contributed by atoms with Crippen LogP contribution in [0.5, 0.6) is 0 Å². The Morgan fingerprint density at radius 2 is 2.31 bits per heavy atom. The fourth-order valence-electron chi connectivity index (χ4n) is 1.79. The Morgan fingerprint density at radius 1 is 1.62 bits per heavy atom. The first-order valence-electron chi connectivity index (χ1n) is 4.94. The summed E-state index contributed by atoms with van der Waals surface area (Å²) < 4.78 is 5.26. The average Bonchev–Trinajstić information content (AvgIpc) is 2.08. The molecule has 13 heavy (non-hydrogen) atoms. The van der Waals surface area contributed by atoms with Gasteiger partial charge in [-0.1, -0.05) is 18.6 Å². The van der Waals surface area contributed by atoms with Gasteiger partial charge in [0.1, 0.15) is 6.10 Å². The van der Waals surface area contributed by atoms with E-state index in [4.69, 9.17) is 4.74 Å². The third-order valence-corrected chi connectivity index (χ3v) is 2.74. The second kappa shape index (κ2) is 4.45. The highest BCUT2D eigenvalue weighted by Gasteiger charge is 2.25. The van der Waals surface area contributed by atoms with Gasteiger partial charge in [-0.15, -0.1) is 0 Å². The summed E-state index contributed by atoms with van der Waals surface area (Å²) >= 11 is 0. The topological polar surface area (TPSA) is 26.3 Å². The van der Waals surface area contributed by atoms with Crippen LogP contribution in [0.1, 0.15) is 40.0 Å². The summed E-state index contributed by atoms with van der Waals surface area (Å²) in [6, 6.07) is 0. The van der Waals surface area contributed by atoms with Crippen LogP contribution in [0.2, 0.25) is 0 Å². The fraction of sp³-hybridized carbons (Fsp3) is 0.727. The number of rotatable bonds is 1. The molecule has 0 N–H and O–H groups in total. The first-order chi connectivity index (χ1) is 6.13. The van der Waals surface area contributed by atoms with Gasteiger partial charge < -0.3 is 4.74 Å². The zero-order valence-corrected chi connectivity index (χ0v) is 8.67. The normalized spacial score (nSPS) is 31.8. The Morgan fingerprint density at radius 3 is 2.85 bits per heavy atom. The number of carbonyl (C=O) groups excluding carboxylic acids is 1. The molecule has 2 atom stereocenters. The van der Waals surface area contributed by atoms with E-state index in [-0.39, 0.29) is 12.1 Å². The number of allylic oxidation sites excluding steroid dienone is 1. The maximum atomic E-state index is 10.8. The van der Waals surface area contributed by atoms with Gasteiger partial charge in [0, 0.05) is 13.3 Å². The number of hydrogen-bond acceptors (Lipinski definition) is 2. The van der Waals surface area contributed by atoms with Crippen LogP contribution in [-0.2, 0) is 9.53 Å². The predicted octanol–water partition coefficient (Wildman–Crippen LogP) is 2.68. The van der Waals surface area contributed by atoms with Gasteiger partial charge >= 0.3 is 5.97 Å². The standard InChI is InChI=1S/C11H18O2/c1-4-10-6-5-8(2)11(7-10)13-9(3)12/h4,8,11H,5-7H2,1-3H3/b10-4-. The van der Waals surface area contributed by atoms with Crippen molar-refractivity contribution in [1.82, 2.24) is 0 Å². The average molecular weight is 182 g/mol. The molecule has 0 heterocycles. The molecule has 74 valence electrons. The van der Waals surface area contributed by atoms with E-state index in [1.165, 1.54) is 12.5 Å². The van der Waals surface area contributed by atoms with Crippen LogP contribution in [0, 0.1) is 5.92 Å². The lowest BCUT2D eigenvalue weighted by Gasteiger charge is -2.29. The minimum Gasteiger partial charge on any atom is -0.462 e. The van der Waals surface area contributed by atoms with Crippen LogP contribution >= 0.6 is 0 Å². The van der Waals surface area contributed by atoms with Crippen molar-refractivity contribution in [2.24, 2.45) is 5.92 Å². The predicted molar refractivity (Wildman–Crippen MR) is 52.3 cm³/mol. The third-order valence-electron chi connectivity index (χ3n) is 2.74. The molecule has 0 amide bonds. The molecular weight excluding hydrogens is 164 g/mol. The van der Waals surface area contributed by atoms with Crippen molar-refractivity contribution in [3.8, 4) is 0 Å². The zero-order chi connectivity index (χ0) is 9.84. The van der Waals surface area contributed by atoms with Gasteiger partial charge in [0.2, 0.25) is 0 Å². The third kappa shape index (κ3) is 2.87. The molecule has 2 unspecified atom stereocenters. The lowest BCUT2D eigenvalue weighted by atomic mass is 9.84. The van der Waals surface area contributed by atoms with Crippen molar-refractivity contribution in [1.29, 1.82) is 0 Å². The Bertz CT molecular complexity index is 218. The van der Waals surface area contributed by atoms with Crippen molar-refractivity contribution in [3.05, 3.63) is 11.6 Å². The van der Waals surface area contributed by atoms with E-state index in [0.29, 0.717) is 5.92 Å². The van der Waals surface area contributed by atoms with Gasteiger partial charge in [0.25, 0.3) is 0 Å². The first kappa shape index (κ1) is 10.3. The van der Waals surface area contributed by atoms with Crippen molar-refractivity contribution in [2.75, 3.05) is 0 Å². The van der Waals surface area contributed by atoms with E-state index in [0.717, 1.165) is 19.3 Å². The highest BCUT2D eigenvalue weighted by atomic mass is 16.5. The smallest absolute Gasteiger partial charge is 0.302 e. The molecule has 0 aromatic heterocycles. The molecule has 0 radical (unpaired) electrons. The summed E-state index contributed by atoms with van der Waals surface area (Å²) in [6.07, 6.45) is 5.48. The zero-order valence-electron chi connectivity index (χ0n) is 8.67. The van der Waals surface area contributed by atoms with Crippen LogP contribution in [0.25, 0.3) is 0 Å². The molecule has 0 aliphatic heterocycles. The van der Waals surface area contributed by atoms with E-state index in [2.05, 4.69) is 19.9 Å². The fourth-order valence-corrected chi connectivity index (χ4v) is 1.79. The van der Waals surface area contributed by atoms with Gasteiger partial charge in [0.05, 0.1) is 0 Å². The molecular formula is C11H18O2. The minimum absolute atomic E-state index is 0.109. The highest BCUT2D eigenvalue weighted by molar-refractivity contribution is 5.66. The lowest BCUT2D eigenvalue weighted by Crippen LogP contribution is -2.28. The van der Waals surface area contributed by atoms with Gasteiger partial charge in [-0.3, -0.25) is 4.79 Å². The number of ether oxygens (including phenoxy) is 1. The first-order valence-corrected chi connectivity index (χ1v) is 4.94. The largest absolute Gasteiger partial charge is 0.462 e. The van der Waals surface area contributed by atoms with Crippen LogP contribution in [-0.4, -0.2) is 12.1 Å². The van der Waals surface area contributed by atoms with Crippen molar-refractivity contribution in [3.63, 3.8) is 0 Å². The van der Waals surface area contributed by atoms with Gasteiger partial charge in [-0.2, -0.15) is 0 Å². The highest BCUT2D eigenvalue weighted by Crippen LogP contribution is 2.30. The van der Waals surface area contributed by atoms with Crippen LogP contribution in [0.15, 0.2) is 11.6 Å². The second-order valence-corrected chi connectivity index (χ2v) is 3.81. The maximum absolute atomic E-state index is 10.8. The Kier molecular flexibility index (Phi) is 3.52. The molecule has 1 aliphatic carbocycles. The van der Waals surface area contributed by atoms with Crippen molar-refractivity contribution >= 4 is 5.97 Å². The molecule has 0 aromatic rings. The summed E-state index contributed by atoms with van der Waals surface area (Å²) in [5.41, 5.74) is 1.42. The molecule has 2 nitrogen and oxygen atoms in total. The monoisotopic (exact) mass is 182 g/mol. The van der Waals surface area contributed by atoms with Crippen molar-refractivity contribution < 1.29 is 9.53 Å². The van der Waals surface area contributed by atoms with Crippen LogP contribution in [0.4, 0.5) is 0 Å². The number of hydrogen-bond donors (Lipinski definition) is 0. The van der Waals surface area contributed by atoms with E-state index in [1.807, 2.05) is 0 Å². The van der Waals surface area contributed by atoms with E-state index >= 15 is 0 Å². The number of carbonyl (C=O) groups is 1. The van der Waals surface area contributed by atoms with Crippen LogP contribution in [0.3, 0.4) is 0 Å². The summed E-state index contributed by atoms with van der Waals surface area (Å²) in [6.45, 7) is 5.69. The molecule has 0 spiro atoms. The molecule has 1 rings (SSSR count). The lowest BCUT2D eigenvalue weighted by molar-refractivity contribution is -0.149. The summed E-state index contributed by atoms with van der Waals surface area (Å²) in [4.78, 5) is 10.8. The van der Waals surface area contributed by atoms with Crippen molar-refractivity contribution in [2.45, 2.75) is 46.1 Å². The second-order valence-electron chi connectivity index (χ2n) is 3.81. The molecule has 1 aliphatic rings. The Labute approximate surface area is 80.0 Å². The molecule has 1 saturated carbocycles. The quantitative estimate of drug-likeness (QED) is 0.460. The van der Waals surface area contributed by atoms with E-state index in [1.54, 1.807) is 0 Å². The molecule has 0 saturated heterocycles. The molecule has 0 aromatic carbocycles. The van der Waals surface area contributed by atoms with Gasteiger partial charge in [-0.25, -0.2) is 0 Å². The van der Waals surface area contributed by atoms with E-state index in [9.17, 15) is 4.79 Å². The minimum atomic E-state index is -0.158. The molecule has 2 heteroatoms. The maximum Gasteiger partial charge on any atom is 0.302 e. The van der Waals surface area contributed by atoms with Gasteiger partial charge in [-0.05, 0) is 25.7 Å². The summed E-state index contributed by atoms with van der Waals surface area (Å²) in [5, 5.41) is 0. The summed E-state index contributed by atoms with van der Waals surface area (Å²) in [7, 11) is 0. The number of esters is 1. The Balaban J connectivity index is 2.55. The van der Waals surface area contributed by atoms with Gasteiger partial charge in [0.15, 0.2) is 0 Å². The summed E-state index contributed by atoms with van der Waals surface area (Å²) in [5.74, 6) is 0.349. The van der Waals surface area contributed by atoms with E-state index < -0.39 is 0 Å². The molecule has 1 fully saturated rings. The van der Waals surface area contributed by atoms with Crippen LogP contribution < -0.4 is 0 Å². The molecule has 0 bridgehead atoms. The Hall–Kier alpha value is -0.790. The SMILES string of the molecule is C/C=C1/CCC(C)C(OC(C)=O)C1.